The smallest absolute Gasteiger partial charge is 0.159 e. The highest BCUT2D eigenvalue weighted by Crippen LogP contribution is 2.28. The molecule has 3 heteroatoms. The second kappa shape index (κ2) is 6.04. The molecular formula is C17H19BrN2. The van der Waals surface area contributed by atoms with Gasteiger partial charge in [-0.1, -0.05) is 47.8 Å². The van der Waals surface area contributed by atoms with Crippen molar-refractivity contribution in [3.8, 4) is 11.4 Å². The maximum Gasteiger partial charge on any atom is 0.159 e. The number of hydrogen-bond acceptors (Lipinski definition) is 2. The zero-order valence-electron chi connectivity index (χ0n) is 11.8. The quantitative estimate of drug-likeness (QED) is 0.806. The Balaban J connectivity index is 1.85. The third-order valence-electron chi connectivity index (χ3n) is 4.05. The van der Waals surface area contributed by atoms with E-state index >= 15 is 0 Å². The van der Waals surface area contributed by atoms with Gasteiger partial charge in [0.2, 0.25) is 0 Å². The van der Waals surface area contributed by atoms with Crippen molar-refractivity contribution >= 4 is 15.9 Å². The average molecular weight is 331 g/mol. The van der Waals surface area contributed by atoms with Crippen LogP contribution < -0.4 is 0 Å². The van der Waals surface area contributed by atoms with Gasteiger partial charge in [0.1, 0.15) is 0 Å². The van der Waals surface area contributed by atoms with Crippen LogP contribution >= 0.6 is 15.9 Å². The maximum absolute atomic E-state index is 4.78. The Labute approximate surface area is 128 Å². The summed E-state index contributed by atoms with van der Waals surface area (Å²) in [4.78, 5) is 9.34. The fraction of sp³-hybridized carbons (Fsp3) is 0.412. The van der Waals surface area contributed by atoms with Crippen LogP contribution in [0.25, 0.3) is 11.4 Å². The number of fused-ring (bicyclic) bond motifs is 1. The third kappa shape index (κ3) is 2.93. The first-order valence-corrected chi connectivity index (χ1v) is 8.16. The largest absolute Gasteiger partial charge is 0.236 e. The summed E-state index contributed by atoms with van der Waals surface area (Å²) in [6.45, 7) is 2.27. The summed E-state index contributed by atoms with van der Waals surface area (Å²) >= 11 is 3.46. The highest BCUT2D eigenvalue weighted by Gasteiger charge is 2.20. The van der Waals surface area contributed by atoms with Crippen LogP contribution in [0, 0.1) is 5.92 Å². The molecule has 1 aliphatic rings. The van der Waals surface area contributed by atoms with Crippen LogP contribution in [0.2, 0.25) is 0 Å². The van der Waals surface area contributed by atoms with Crippen molar-refractivity contribution in [3.05, 3.63) is 46.2 Å². The van der Waals surface area contributed by atoms with Crippen LogP contribution in [0.5, 0.6) is 0 Å². The minimum absolute atomic E-state index is 0.828. The van der Waals surface area contributed by atoms with E-state index in [0.29, 0.717) is 0 Å². The van der Waals surface area contributed by atoms with Gasteiger partial charge in [0.05, 0.1) is 0 Å². The van der Waals surface area contributed by atoms with Crippen LogP contribution in [0.15, 0.2) is 34.9 Å². The molecule has 0 aliphatic heterocycles. The van der Waals surface area contributed by atoms with Gasteiger partial charge in [-0.15, -0.1) is 0 Å². The number of benzene rings is 1. The highest BCUT2D eigenvalue weighted by molar-refractivity contribution is 9.10. The van der Waals surface area contributed by atoms with Crippen LogP contribution in [0.3, 0.4) is 0 Å². The molecule has 0 fully saturated rings. The van der Waals surface area contributed by atoms with Crippen molar-refractivity contribution in [3.63, 3.8) is 0 Å². The second-order valence-corrected chi connectivity index (χ2v) is 6.49. The molecule has 104 valence electrons. The third-order valence-corrected chi connectivity index (χ3v) is 4.58. The minimum atomic E-state index is 0.828. The summed E-state index contributed by atoms with van der Waals surface area (Å²) in [6, 6.07) is 8.20. The first kappa shape index (κ1) is 13.7. The zero-order valence-corrected chi connectivity index (χ0v) is 13.4. The minimum Gasteiger partial charge on any atom is -0.236 e. The normalized spacial score (nSPS) is 17.8. The molecule has 1 heterocycles. The van der Waals surface area contributed by atoms with E-state index in [-0.39, 0.29) is 0 Å². The molecule has 1 unspecified atom stereocenters. The fourth-order valence-electron chi connectivity index (χ4n) is 2.98. The van der Waals surface area contributed by atoms with E-state index in [9.17, 15) is 0 Å². The number of aryl methyl sites for hydroxylation is 1. The van der Waals surface area contributed by atoms with Gasteiger partial charge >= 0.3 is 0 Å². The summed E-state index contributed by atoms with van der Waals surface area (Å²) in [6.07, 6.45) is 8.18. The Bertz CT molecular complexity index is 592. The molecule has 1 aliphatic carbocycles. The van der Waals surface area contributed by atoms with Crippen LogP contribution in [-0.4, -0.2) is 9.97 Å². The molecule has 2 nitrogen and oxygen atoms in total. The lowest BCUT2D eigenvalue weighted by Gasteiger charge is -2.23. The summed E-state index contributed by atoms with van der Waals surface area (Å²) in [7, 11) is 0. The number of hydrogen-bond donors (Lipinski definition) is 0. The van der Waals surface area contributed by atoms with E-state index in [2.05, 4.69) is 40.0 Å². The first-order valence-electron chi connectivity index (χ1n) is 7.37. The molecule has 1 aromatic heterocycles. The molecule has 0 N–H and O–H groups in total. The highest BCUT2D eigenvalue weighted by atomic mass is 79.9. The fourth-order valence-corrected chi connectivity index (χ4v) is 3.24. The molecule has 2 aromatic rings. The number of rotatable bonds is 3. The van der Waals surface area contributed by atoms with E-state index < -0.39 is 0 Å². The van der Waals surface area contributed by atoms with E-state index in [1.165, 1.54) is 30.5 Å². The molecule has 0 radical (unpaired) electrons. The molecule has 3 rings (SSSR count). The van der Waals surface area contributed by atoms with E-state index in [1.54, 1.807) is 0 Å². The molecule has 0 saturated heterocycles. The summed E-state index contributed by atoms with van der Waals surface area (Å²) in [5.74, 6) is 1.68. The summed E-state index contributed by atoms with van der Waals surface area (Å²) in [5, 5.41) is 0. The second-order valence-electron chi connectivity index (χ2n) is 5.57. The van der Waals surface area contributed by atoms with Crippen LogP contribution in [0.1, 0.15) is 37.4 Å². The molecule has 0 amide bonds. The van der Waals surface area contributed by atoms with E-state index in [1.807, 2.05) is 18.3 Å². The van der Waals surface area contributed by atoms with Crippen LogP contribution in [0.4, 0.5) is 0 Å². The molecule has 1 aromatic carbocycles. The molecule has 1 atom stereocenters. The topological polar surface area (TPSA) is 25.8 Å². The lowest BCUT2D eigenvalue weighted by molar-refractivity contribution is 0.417. The monoisotopic (exact) mass is 330 g/mol. The first-order chi connectivity index (χ1) is 9.76. The van der Waals surface area contributed by atoms with Gasteiger partial charge in [-0.25, -0.2) is 9.97 Å². The Morgan fingerprint density at radius 2 is 2.05 bits per heavy atom. The van der Waals surface area contributed by atoms with Gasteiger partial charge in [0.15, 0.2) is 5.82 Å². The Morgan fingerprint density at radius 3 is 2.80 bits per heavy atom. The molecule has 20 heavy (non-hydrogen) atoms. The van der Waals surface area contributed by atoms with Gasteiger partial charge < -0.3 is 0 Å². The van der Waals surface area contributed by atoms with Crippen molar-refractivity contribution in [1.29, 1.82) is 0 Å². The number of nitrogens with zero attached hydrogens (tertiary/aromatic N) is 2. The zero-order chi connectivity index (χ0) is 13.9. The van der Waals surface area contributed by atoms with Crippen molar-refractivity contribution in [2.75, 3.05) is 0 Å². The molecule has 0 saturated carbocycles. The van der Waals surface area contributed by atoms with Gasteiger partial charge in [-0.05, 0) is 42.9 Å². The Kier molecular flexibility index (Phi) is 4.16. The van der Waals surface area contributed by atoms with Gasteiger partial charge in [0.25, 0.3) is 0 Å². The van der Waals surface area contributed by atoms with Crippen molar-refractivity contribution in [2.45, 2.75) is 39.0 Å². The molecule has 0 spiro atoms. The Hall–Kier alpha value is -1.22. The SMILES string of the molecule is CCCC1CCc2nc(-c3ccc(Br)cc3)ncc2C1. The summed E-state index contributed by atoms with van der Waals surface area (Å²) < 4.78 is 1.08. The van der Waals surface area contributed by atoms with Crippen LogP contribution in [-0.2, 0) is 12.8 Å². The van der Waals surface area contributed by atoms with E-state index in [0.717, 1.165) is 34.6 Å². The lowest BCUT2D eigenvalue weighted by atomic mass is 9.84. The lowest BCUT2D eigenvalue weighted by Crippen LogP contribution is -2.16. The van der Waals surface area contributed by atoms with Gasteiger partial charge in [-0.3, -0.25) is 0 Å². The maximum atomic E-state index is 4.78. The molecular weight excluding hydrogens is 312 g/mol. The summed E-state index contributed by atoms with van der Waals surface area (Å²) in [5.41, 5.74) is 3.70. The predicted octanol–water partition coefficient (Wildman–Crippen LogP) is 4.81. The number of aromatic nitrogens is 2. The van der Waals surface area contributed by atoms with Gasteiger partial charge in [0, 0.05) is 21.9 Å². The van der Waals surface area contributed by atoms with Gasteiger partial charge in [-0.2, -0.15) is 0 Å². The standard InChI is InChI=1S/C17H19BrN2/c1-2-3-12-4-9-16-14(10-12)11-19-17(20-16)13-5-7-15(18)8-6-13/h5-8,11-12H,2-4,9-10H2,1H3. The molecule has 0 bridgehead atoms. The Morgan fingerprint density at radius 1 is 1.25 bits per heavy atom. The predicted molar refractivity (Wildman–Crippen MR) is 85.6 cm³/mol. The van der Waals surface area contributed by atoms with E-state index in [4.69, 9.17) is 4.98 Å². The average Bonchev–Trinajstić information content (AvgIpc) is 2.48. The van der Waals surface area contributed by atoms with Crippen molar-refractivity contribution in [1.82, 2.24) is 9.97 Å². The number of halogens is 1. The van der Waals surface area contributed by atoms with Crippen molar-refractivity contribution in [2.24, 2.45) is 5.92 Å². The van der Waals surface area contributed by atoms with Crippen molar-refractivity contribution < 1.29 is 0 Å².